The van der Waals surface area contributed by atoms with Crippen molar-refractivity contribution in [1.29, 1.82) is 0 Å². The Kier molecular flexibility index (Phi) is 8.10. The van der Waals surface area contributed by atoms with Crippen molar-refractivity contribution in [3.8, 4) is 5.75 Å². The molecule has 114 valence electrons. The zero-order chi connectivity index (χ0) is 14.8. The Balaban J connectivity index is 2.33. The molecule has 1 N–H and O–H groups in total. The Morgan fingerprint density at radius 3 is 2.15 bits per heavy atom. The van der Waals surface area contributed by atoms with Gasteiger partial charge in [-0.15, -0.1) is 0 Å². The Morgan fingerprint density at radius 1 is 1.05 bits per heavy atom. The van der Waals surface area contributed by atoms with Crippen LogP contribution in [0.25, 0.3) is 0 Å². The van der Waals surface area contributed by atoms with Crippen LogP contribution in [0.1, 0.15) is 19.4 Å². The summed E-state index contributed by atoms with van der Waals surface area (Å²) in [6.45, 7) is 3.37. The minimum atomic E-state index is -2.79. The van der Waals surface area contributed by atoms with Crippen LogP contribution in [-0.4, -0.2) is 32.7 Å². The van der Waals surface area contributed by atoms with E-state index in [1.54, 1.807) is 12.1 Å². The summed E-state index contributed by atoms with van der Waals surface area (Å²) in [6.07, 6.45) is -0.272. The molecule has 1 aromatic carbocycles. The molecule has 0 aliphatic heterocycles. The van der Waals surface area contributed by atoms with Gasteiger partial charge in [0.25, 0.3) is 0 Å². The van der Waals surface area contributed by atoms with Crippen LogP contribution in [0, 0.1) is 0 Å². The molecule has 20 heavy (non-hydrogen) atoms. The van der Waals surface area contributed by atoms with E-state index in [0.29, 0.717) is 26.3 Å². The molecule has 0 atom stereocenters. The first kappa shape index (κ1) is 16.8. The van der Waals surface area contributed by atoms with E-state index < -0.39 is 6.61 Å². The standard InChI is InChI=1S/C14H21F2NO3/c1-3-18-13(19-4-2)10-17-9-11-5-7-12(8-6-11)20-14(15)16/h5-8,13-14,17H,3-4,9-10H2,1-2H3. The van der Waals surface area contributed by atoms with E-state index in [9.17, 15) is 8.78 Å². The largest absolute Gasteiger partial charge is 0.435 e. The predicted octanol–water partition coefficient (Wildman–Crippen LogP) is 2.78. The molecule has 0 amide bonds. The molecule has 1 aromatic rings. The molecule has 4 nitrogen and oxygen atoms in total. The highest BCUT2D eigenvalue weighted by molar-refractivity contribution is 5.27. The van der Waals surface area contributed by atoms with Crippen LogP contribution < -0.4 is 10.1 Å². The van der Waals surface area contributed by atoms with Crippen molar-refractivity contribution < 1.29 is 23.0 Å². The third-order valence-corrected chi connectivity index (χ3v) is 2.49. The fourth-order valence-electron chi connectivity index (χ4n) is 1.66. The number of rotatable bonds is 10. The van der Waals surface area contributed by atoms with Gasteiger partial charge in [0, 0.05) is 26.3 Å². The Bertz CT molecular complexity index is 354. The average Bonchev–Trinajstić information content (AvgIpc) is 2.40. The van der Waals surface area contributed by atoms with Crippen LogP contribution in [0.15, 0.2) is 24.3 Å². The minimum absolute atomic E-state index is 0.158. The van der Waals surface area contributed by atoms with Crippen molar-refractivity contribution in [3.05, 3.63) is 29.8 Å². The van der Waals surface area contributed by atoms with Gasteiger partial charge in [-0.05, 0) is 31.5 Å². The summed E-state index contributed by atoms with van der Waals surface area (Å²) in [7, 11) is 0. The molecule has 0 unspecified atom stereocenters. The topological polar surface area (TPSA) is 39.7 Å². The van der Waals surface area contributed by atoms with Crippen LogP contribution in [-0.2, 0) is 16.0 Å². The second-order valence-electron chi connectivity index (χ2n) is 3.99. The van der Waals surface area contributed by atoms with E-state index in [4.69, 9.17) is 9.47 Å². The van der Waals surface area contributed by atoms with Crippen molar-refractivity contribution in [2.45, 2.75) is 33.3 Å². The van der Waals surface area contributed by atoms with Gasteiger partial charge in [-0.2, -0.15) is 8.78 Å². The van der Waals surface area contributed by atoms with E-state index in [1.807, 2.05) is 13.8 Å². The van der Waals surface area contributed by atoms with Crippen molar-refractivity contribution in [2.24, 2.45) is 0 Å². The SMILES string of the molecule is CCOC(CNCc1ccc(OC(F)F)cc1)OCC. The summed E-state index contributed by atoms with van der Waals surface area (Å²) >= 11 is 0. The molecule has 0 aromatic heterocycles. The first-order chi connectivity index (χ1) is 9.65. The Hall–Kier alpha value is -1.24. The Morgan fingerprint density at radius 2 is 1.65 bits per heavy atom. The molecule has 0 aliphatic rings. The van der Waals surface area contributed by atoms with Gasteiger partial charge in [-0.3, -0.25) is 0 Å². The molecule has 1 rings (SSSR count). The number of benzene rings is 1. The second kappa shape index (κ2) is 9.63. The quantitative estimate of drug-likeness (QED) is 0.672. The minimum Gasteiger partial charge on any atom is -0.435 e. The summed E-state index contributed by atoms with van der Waals surface area (Å²) in [5.74, 6) is 0.158. The first-order valence-corrected chi connectivity index (χ1v) is 6.63. The highest BCUT2D eigenvalue weighted by atomic mass is 19.3. The maximum atomic E-state index is 12.0. The lowest BCUT2D eigenvalue weighted by Crippen LogP contribution is -2.31. The van der Waals surface area contributed by atoms with Crippen molar-refractivity contribution in [1.82, 2.24) is 5.32 Å². The molecule has 6 heteroatoms. The van der Waals surface area contributed by atoms with Gasteiger partial charge in [0.05, 0.1) is 0 Å². The molecule has 0 radical (unpaired) electrons. The highest BCUT2D eigenvalue weighted by Crippen LogP contribution is 2.14. The average molecular weight is 289 g/mol. The third-order valence-electron chi connectivity index (χ3n) is 2.49. The number of hydrogen-bond donors (Lipinski definition) is 1. The lowest BCUT2D eigenvalue weighted by atomic mass is 10.2. The molecule has 0 aliphatic carbocycles. The molecule has 0 fully saturated rings. The van der Waals surface area contributed by atoms with Crippen LogP contribution in [0.4, 0.5) is 8.78 Å². The van der Waals surface area contributed by atoms with E-state index in [0.717, 1.165) is 5.56 Å². The maximum absolute atomic E-state index is 12.0. The maximum Gasteiger partial charge on any atom is 0.387 e. The zero-order valence-electron chi connectivity index (χ0n) is 11.8. The van der Waals surface area contributed by atoms with Crippen molar-refractivity contribution in [3.63, 3.8) is 0 Å². The molecule has 0 bridgehead atoms. The fourth-order valence-corrected chi connectivity index (χ4v) is 1.66. The van der Waals surface area contributed by atoms with Crippen molar-refractivity contribution in [2.75, 3.05) is 19.8 Å². The predicted molar refractivity (Wildman–Crippen MR) is 71.8 cm³/mol. The van der Waals surface area contributed by atoms with Gasteiger partial charge in [0.1, 0.15) is 5.75 Å². The van der Waals surface area contributed by atoms with Gasteiger partial charge in [-0.25, -0.2) is 0 Å². The summed E-state index contributed by atoms with van der Waals surface area (Å²) in [4.78, 5) is 0. The zero-order valence-corrected chi connectivity index (χ0v) is 11.8. The normalized spacial score (nSPS) is 11.3. The third kappa shape index (κ3) is 6.79. The number of nitrogens with one attached hydrogen (secondary N) is 1. The first-order valence-electron chi connectivity index (χ1n) is 6.63. The molecular formula is C14H21F2NO3. The molecule has 0 spiro atoms. The number of hydrogen-bond acceptors (Lipinski definition) is 4. The van der Waals surface area contributed by atoms with Gasteiger partial charge < -0.3 is 19.5 Å². The number of alkyl halides is 2. The van der Waals surface area contributed by atoms with E-state index >= 15 is 0 Å². The van der Waals surface area contributed by atoms with E-state index in [-0.39, 0.29) is 12.0 Å². The smallest absolute Gasteiger partial charge is 0.387 e. The highest BCUT2D eigenvalue weighted by Gasteiger charge is 2.07. The second-order valence-corrected chi connectivity index (χ2v) is 3.99. The number of halogens is 2. The van der Waals surface area contributed by atoms with Crippen LogP contribution >= 0.6 is 0 Å². The summed E-state index contributed by atoms with van der Waals surface area (Å²) in [5.41, 5.74) is 0.971. The van der Waals surface area contributed by atoms with Gasteiger partial charge >= 0.3 is 6.61 Å². The lowest BCUT2D eigenvalue weighted by molar-refractivity contribution is -0.133. The number of ether oxygens (including phenoxy) is 3. The monoisotopic (exact) mass is 289 g/mol. The van der Waals surface area contributed by atoms with E-state index in [1.165, 1.54) is 12.1 Å². The van der Waals surface area contributed by atoms with Gasteiger partial charge in [0.15, 0.2) is 6.29 Å². The van der Waals surface area contributed by atoms with Crippen LogP contribution in [0.5, 0.6) is 5.75 Å². The summed E-state index contributed by atoms with van der Waals surface area (Å²) in [6, 6.07) is 6.51. The molecule has 0 saturated heterocycles. The van der Waals surface area contributed by atoms with Crippen molar-refractivity contribution >= 4 is 0 Å². The molecular weight excluding hydrogens is 268 g/mol. The summed E-state index contributed by atoms with van der Waals surface area (Å²) in [5, 5.41) is 3.19. The lowest BCUT2D eigenvalue weighted by Gasteiger charge is -2.17. The Labute approximate surface area is 118 Å². The van der Waals surface area contributed by atoms with Gasteiger partial charge in [0.2, 0.25) is 0 Å². The summed E-state index contributed by atoms with van der Waals surface area (Å²) < 4.78 is 39.1. The van der Waals surface area contributed by atoms with E-state index in [2.05, 4.69) is 10.1 Å². The molecule has 0 heterocycles. The van der Waals surface area contributed by atoms with Gasteiger partial charge in [-0.1, -0.05) is 12.1 Å². The van der Waals surface area contributed by atoms with Crippen LogP contribution in [0.3, 0.4) is 0 Å². The van der Waals surface area contributed by atoms with Crippen LogP contribution in [0.2, 0.25) is 0 Å². The molecule has 0 saturated carbocycles. The fraction of sp³-hybridized carbons (Fsp3) is 0.571.